The molecular weight excluding hydrogens is 382 g/mol. The van der Waals surface area contributed by atoms with Gasteiger partial charge in [0.2, 0.25) is 0 Å². The molecule has 0 bridgehead atoms. The van der Waals surface area contributed by atoms with Crippen molar-refractivity contribution in [2.75, 3.05) is 0 Å². The van der Waals surface area contributed by atoms with Crippen LogP contribution in [-0.2, 0) is 6.42 Å². The average Bonchev–Trinajstić information content (AvgIpc) is 3.27. The van der Waals surface area contributed by atoms with Gasteiger partial charge < -0.3 is 4.57 Å². The summed E-state index contributed by atoms with van der Waals surface area (Å²) in [5.74, 6) is -0.381. The number of hydrogen-bond donors (Lipinski definition) is 0. The predicted molar refractivity (Wildman–Crippen MR) is 124 cm³/mol. The van der Waals surface area contributed by atoms with E-state index in [2.05, 4.69) is 53.1 Å². The van der Waals surface area contributed by atoms with Crippen molar-refractivity contribution in [2.24, 2.45) is 0 Å². The first kappa shape index (κ1) is 17.8. The molecule has 0 radical (unpaired) electrons. The number of Topliss-reactive ketones (excluding diaryl/α,β-unsaturated/α-hetero) is 2. The van der Waals surface area contributed by atoms with E-state index in [1.54, 1.807) is 30.3 Å². The summed E-state index contributed by atoms with van der Waals surface area (Å²) in [6.45, 7) is 0. The minimum Gasteiger partial charge on any atom is -0.313 e. The maximum Gasteiger partial charge on any atom is 0.197 e. The fraction of sp³-hybridized carbons (Fsp3) is 0.0714. The molecule has 0 spiro atoms. The topological polar surface area (TPSA) is 39.1 Å². The van der Waals surface area contributed by atoms with Crippen molar-refractivity contribution in [2.45, 2.75) is 12.8 Å². The minimum absolute atomic E-state index is 0.190. The number of para-hydroxylation sites is 1. The number of aromatic nitrogens is 1. The SMILES string of the molecule is O=C1C(=Cc2ccc3c(c2)c2c(n3-c3ccccc3)CCC=C2)C(=O)c2ccccc21. The highest BCUT2D eigenvalue weighted by Gasteiger charge is 2.32. The monoisotopic (exact) mass is 401 g/mol. The highest BCUT2D eigenvalue weighted by Crippen LogP contribution is 2.35. The summed E-state index contributed by atoms with van der Waals surface area (Å²) in [5.41, 5.74) is 6.90. The molecule has 0 atom stereocenters. The first-order valence-corrected chi connectivity index (χ1v) is 10.5. The summed E-state index contributed by atoms with van der Waals surface area (Å²) >= 11 is 0. The molecule has 1 aromatic heterocycles. The molecule has 0 aliphatic heterocycles. The molecular formula is C28H19NO2. The Bertz CT molecular complexity index is 1410. The molecule has 6 rings (SSSR count). The second-order valence-corrected chi connectivity index (χ2v) is 8.01. The summed E-state index contributed by atoms with van der Waals surface area (Å²) in [6.07, 6.45) is 8.15. The Hall–Kier alpha value is -3.98. The van der Waals surface area contributed by atoms with Gasteiger partial charge in [0.25, 0.3) is 0 Å². The molecule has 0 fully saturated rings. The Morgan fingerprint density at radius 2 is 1.52 bits per heavy atom. The van der Waals surface area contributed by atoms with E-state index < -0.39 is 0 Å². The Kier molecular flexibility index (Phi) is 3.90. The van der Waals surface area contributed by atoms with Crippen LogP contribution in [0.1, 0.15) is 44.0 Å². The molecule has 2 aliphatic rings. The fourth-order valence-electron chi connectivity index (χ4n) is 4.77. The lowest BCUT2D eigenvalue weighted by molar-refractivity contribution is 0.0990. The first-order chi connectivity index (χ1) is 15.2. The van der Waals surface area contributed by atoms with Gasteiger partial charge in [-0.1, -0.05) is 60.7 Å². The van der Waals surface area contributed by atoms with Crippen molar-refractivity contribution >= 4 is 34.6 Å². The molecule has 3 aromatic carbocycles. The number of nitrogens with zero attached hydrogens (tertiary/aromatic N) is 1. The van der Waals surface area contributed by atoms with Gasteiger partial charge in [-0.3, -0.25) is 9.59 Å². The van der Waals surface area contributed by atoms with E-state index >= 15 is 0 Å². The van der Waals surface area contributed by atoms with Crippen LogP contribution in [0.15, 0.2) is 84.4 Å². The largest absolute Gasteiger partial charge is 0.313 e. The molecule has 3 heteroatoms. The number of fused-ring (bicyclic) bond motifs is 4. The third-order valence-corrected chi connectivity index (χ3v) is 6.20. The van der Waals surface area contributed by atoms with Crippen LogP contribution in [0.4, 0.5) is 0 Å². The smallest absolute Gasteiger partial charge is 0.197 e. The number of benzene rings is 3. The van der Waals surface area contributed by atoms with Gasteiger partial charge in [-0.25, -0.2) is 0 Å². The second kappa shape index (κ2) is 6.78. The lowest BCUT2D eigenvalue weighted by Crippen LogP contribution is -2.02. The van der Waals surface area contributed by atoms with Crippen LogP contribution in [0.25, 0.3) is 28.7 Å². The molecule has 0 N–H and O–H groups in total. The number of carbonyl (C=O) groups is 2. The van der Waals surface area contributed by atoms with E-state index in [1.165, 1.54) is 11.3 Å². The van der Waals surface area contributed by atoms with Crippen LogP contribution >= 0.6 is 0 Å². The molecule has 1 heterocycles. The van der Waals surface area contributed by atoms with Gasteiger partial charge in [-0.15, -0.1) is 0 Å². The summed E-state index contributed by atoms with van der Waals surface area (Å²) < 4.78 is 2.33. The van der Waals surface area contributed by atoms with Crippen molar-refractivity contribution in [3.63, 3.8) is 0 Å². The standard InChI is InChI=1S/C28H19NO2/c30-27-21-11-4-5-12-22(21)28(31)24(27)17-18-14-15-26-23(16-18)20-10-6-7-13-25(20)29(26)19-8-2-1-3-9-19/h1-6,8-12,14-17H,7,13H2. The Morgan fingerprint density at radius 1 is 0.806 bits per heavy atom. The van der Waals surface area contributed by atoms with E-state index in [0.717, 1.165) is 35.0 Å². The quantitative estimate of drug-likeness (QED) is 0.303. The molecule has 3 nitrogen and oxygen atoms in total. The van der Waals surface area contributed by atoms with Crippen LogP contribution in [0.5, 0.6) is 0 Å². The summed E-state index contributed by atoms with van der Waals surface area (Å²) in [7, 11) is 0. The number of hydrogen-bond acceptors (Lipinski definition) is 2. The van der Waals surface area contributed by atoms with Crippen molar-refractivity contribution in [3.8, 4) is 5.69 Å². The van der Waals surface area contributed by atoms with Crippen LogP contribution in [0.2, 0.25) is 0 Å². The van der Waals surface area contributed by atoms with Crippen LogP contribution in [0, 0.1) is 0 Å². The summed E-state index contributed by atoms with van der Waals surface area (Å²) in [5, 5.41) is 1.14. The molecule has 0 unspecified atom stereocenters. The van der Waals surface area contributed by atoms with E-state index in [4.69, 9.17) is 0 Å². The molecule has 31 heavy (non-hydrogen) atoms. The van der Waals surface area contributed by atoms with E-state index in [1.807, 2.05) is 12.1 Å². The highest BCUT2D eigenvalue weighted by molar-refractivity contribution is 6.41. The van der Waals surface area contributed by atoms with Crippen molar-refractivity contribution in [3.05, 3.63) is 112 Å². The molecule has 0 saturated carbocycles. The van der Waals surface area contributed by atoms with Gasteiger partial charge in [0.05, 0.1) is 11.1 Å². The van der Waals surface area contributed by atoms with Crippen molar-refractivity contribution in [1.29, 1.82) is 0 Å². The van der Waals surface area contributed by atoms with Gasteiger partial charge in [0.15, 0.2) is 11.6 Å². The lowest BCUT2D eigenvalue weighted by Gasteiger charge is -2.13. The number of carbonyl (C=O) groups excluding carboxylic acids is 2. The zero-order valence-corrected chi connectivity index (χ0v) is 16.8. The fourth-order valence-corrected chi connectivity index (χ4v) is 4.77. The minimum atomic E-state index is -0.190. The molecule has 148 valence electrons. The molecule has 0 amide bonds. The third kappa shape index (κ3) is 2.67. The number of rotatable bonds is 2. The van der Waals surface area contributed by atoms with Gasteiger partial charge in [-0.2, -0.15) is 0 Å². The predicted octanol–water partition coefficient (Wildman–Crippen LogP) is 6.05. The lowest BCUT2D eigenvalue weighted by atomic mass is 10.00. The number of allylic oxidation sites excluding steroid dienone is 2. The van der Waals surface area contributed by atoms with Gasteiger partial charge in [-0.05, 0) is 48.7 Å². The summed E-state index contributed by atoms with van der Waals surface area (Å²) in [6, 6.07) is 23.6. The zero-order valence-electron chi connectivity index (χ0n) is 16.8. The molecule has 0 saturated heterocycles. The van der Waals surface area contributed by atoms with Crippen LogP contribution < -0.4 is 0 Å². The van der Waals surface area contributed by atoms with E-state index in [-0.39, 0.29) is 17.1 Å². The third-order valence-electron chi connectivity index (χ3n) is 6.20. The van der Waals surface area contributed by atoms with Gasteiger partial charge >= 0.3 is 0 Å². The Morgan fingerprint density at radius 3 is 2.26 bits per heavy atom. The van der Waals surface area contributed by atoms with Crippen molar-refractivity contribution in [1.82, 2.24) is 4.57 Å². The molecule has 2 aliphatic carbocycles. The average molecular weight is 401 g/mol. The first-order valence-electron chi connectivity index (χ1n) is 10.5. The van der Waals surface area contributed by atoms with E-state index in [0.29, 0.717) is 11.1 Å². The summed E-state index contributed by atoms with van der Waals surface area (Å²) in [4.78, 5) is 25.6. The maximum absolute atomic E-state index is 12.8. The van der Waals surface area contributed by atoms with Crippen LogP contribution in [0.3, 0.4) is 0 Å². The molecule has 4 aromatic rings. The van der Waals surface area contributed by atoms with Gasteiger partial charge in [0.1, 0.15) is 0 Å². The number of ketones is 2. The maximum atomic E-state index is 12.8. The van der Waals surface area contributed by atoms with Crippen LogP contribution in [-0.4, -0.2) is 16.1 Å². The van der Waals surface area contributed by atoms with Crippen molar-refractivity contribution < 1.29 is 9.59 Å². The Balaban J connectivity index is 1.53. The second-order valence-electron chi connectivity index (χ2n) is 8.01. The zero-order chi connectivity index (χ0) is 20.9. The normalized spacial score (nSPS) is 14.8. The Labute approximate surface area is 179 Å². The highest BCUT2D eigenvalue weighted by atomic mass is 16.2. The van der Waals surface area contributed by atoms with Gasteiger partial charge in [0, 0.05) is 33.5 Å². The van der Waals surface area contributed by atoms with E-state index in [9.17, 15) is 9.59 Å².